The maximum atomic E-state index is 12.4. The predicted molar refractivity (Wildman–Crippen MR) is 103 cm³/mol. The van der Waals surface area contributed by atoms with Gasteiger partial charge < -0.3 is 15.2 Å². The number of aliphatic hydroxyl groups is 1. The van der Waals surface area contributed by atoms with Gasteiger partial charge in [-0.25, -0.2) is 0 Å². The Kier molecular flexibility index (Phi) is 6.48. The molecule has 28 heavy (non-hydrogen) atoms. The number of nitro benzene ring substituents is 1. The minimum Gasteiger partial charge on any atom is -0.490 e. The van der Waals surface area contributed by atoms with Crippen molar-refractivity contribution < 1.29 is 24.4 Å². The number of anilines is 1. The van der Waals surface area contributed by atoms with Crippen molar-refractivity contribution in [1.29, 1.82) is 0 Å². The minimum absolute atomic E-state index is 0.0194. The molecule has 0 bridgehead atoms. The van der Waals surface area contributed by atoms with Crippen LogP contribution in [0.3, 0.4) is 0 Å². The van der Waals surface area contributed by atoms with Crippen molar-refractivity contribution in [3.63, 3.8) is 0 Å². The minimum atomic E-state index is -1.73. The van der Waals surface area contributed by atoms with Crippen LogP contribution in [0.4, 0.5) is 11.4 Å². The Morgan fingerprint density at radius 1 is 1.21 bits per heavy atom. The molecule has 1 atom stereocenters. The summed E-state index contributed by atoms with van der Waals surface area (Å²) in [6.07, 6.45) is -0.0728. The summed E-state index contributed by atoms with van der Waals surface area (Å²) in [5.41, 5.74) is -0.116. The van der Waals surface area contributed by atoms with Gasteiger partial charge in [-0.1, -0.05) is 6.07 Å². The summed E-state index contributed by atoms with van der Waals surface area (Å²) in [5.74, 6) is -0.215. The molecule has 2 aromatic rings. The topological polar surface area (TPSA) is 119 Å². The number of Topliss-reactive ketones (excluding diaryl/α,β-unsaturated/α-hetero) is 1. The average molecular weight is 386 g/mol. The third-order valence-corrected chi connectivity index (χ3v) is 4.12. The van der Waals surface area contributed by atoms with Gasteiger partial charge in [0.15, 0.2) is 11.4 Å². The third-order valence-electron chi connectivity index (χ3n) is 4.12. The highest BCUT2D eigenvalue weighted by molar-refractivity contribution is 5.89. The fourth-order valence-corrected chi connectivity index (χ4v) is 2.55. The molecule has 0 fully saturated rings. The lowest BCUT2D eigenvalue weighted by molar-refractivity contribution is -0.385. The molecule has 0 aliphatic heterocycles. The molecule has 0 spiro atoms. The molecular formula is C20H22N2O6. The summed E-state index contributed by atoms with van der Waals surface area (Å²) < 4.78 is 5.49. The highest BCUT2D eigenvalue weighted by atomic mass is 16.6. The van der Waals surface area contributed by atoms with E-state index in [1.807, 2.05) is 0 Å². The molecule has 148 valence electrons. The number of nitrogens with zero attached hydrogens (tertiary/aromatic N) is 1. The van der Waals surface area contributed by atoms with E-state index >= 15 is 0 Å². The highest BCUT2D eigenvalue weighted by Gasteiger charge is 2.31. The summed E-state index contributed by atoms with van der Waals surface area (Å²) in [5, 5.41) is 23.9. The smallest absolute Gasteiger partial charge is 0.272 e. The van der Waals surface area contributed by atoms with E-state index in [2.05, 4.69) is 5.32 Å². The van der Waals surface area contributed by atoms with Crippen LogP contribution in [-0.2, 0) is 16.0 Å². The third kappa shape index (κ3) is 5.62. The zero-order valence-electron chi connectivity index (χ0n) is 15.9. The Bertz CT molecular complexity index is 890. The zero-order valence-corrected chi connectivity index (χ0v) is 15.9. The van der Waals surface area contributed by atoms with Gasteiger partial charge in [-0.2, -0.15) is 0 Å². The van der Waals surface area contributed by atoms with Crippen LogP contribution in [0.1, 0.15) is 25.0 Å². The van der Waals surface area contributed by atoms with Gasteiger partial charge in [0.2, 0.25) is 5.91 Å². The normalized spacial score (nSPS) is 12.7. The van der Waals surface area contributed by atoms with Gasteiger partial charge >= 0.3 is 0 Å². The van der Waals surface area contributed by atoms with Crippen LogP contribution in [0.15, 0.2) is 42.5 Å². The lowest BCUT2D eigenvalue weighted by atomic mass is 9.95. The number of nitrogens with one attached hydrogen (secondary N) is 1. The number of benzene rings is 2. The number of aryl methyl sites for hydroxylation is 1. The number of hydrogen-bond acceptors (Lipinski definition) is 6. The molecule has 0 aliphatic rings. The Labute approximate surface area is 162 Å². The van der Waals surface area contributed by atoms with Gasteiger partial charge in [0.1, 0.15) is 12.4 Å². The van der Waals surface area contributed by atoms with Crippen LogP contribution in [0.25, 0.3) is 0 Å². The molecule has 8 heteroatoms. The van der Waals surface area contributed by atoms with E-state index in [4.69, 9.17) is 4.74 Å². The Morgan fingerprint density at radius 3 is 2.39 bits per heavy atom. The van der Waals surface area contributed by atoms with Gasteiger partial charge in [0.25, 0.3) is 5.69 Å². The molecule has 2 N–H and O–H groups in total. The van der Waals surface area contributed by atoms with E-state index in [9.17, 15) is 24.8 Å². The molecule has 8 nitrogen and oxygen atoms in total. The molecule has 1 amide bonds. The van der Waals surface area contributed by atoms with E-state index in [-0.39, 0.29) is 24.6 Å². The zero-order chi connectivity index (χ0) is 20.9. The van der Waals surface area contributed by atoms with Crippen LogP contribution in [0, 0.1) is 17.0 Å². The number of hydrogen-bond donors (Lipinski definition) is 2. The first-order chi connectivity index (χ1) is 13.1. The molecule has 2 rings (SSSR count). The second-order valence-electron chi connectivity index (χ2n) is 6.75. The van der Waals surface area contributed by atoms with E-state index in [0.29, 0.717) is 22.6 Å². The SMILES string of the molecule is CC(=O)Nc1ccc(OC[C@@](C)(O)C(=O)Cc2ccc([N+](=O)[O-])c(C)c2)cc1. The van der Waals surface area contributed by atoms with Gasteiger partial charge in [-0.05, 0) is 49.7 Å². The molecule has 0 heterocycles. The van der Waals surface area contributed by atoms with Gasteiger partial charge in [-0.3, -0.25) is 19.7 Å². The Balaban J connectivity index is 1.98. The first kappa shape index (κ1) is 21.0. The van der Waals surface area contributed by atoms with Crippen LogP contribution in [0.2, 0.25) is 0 Å². The Hall–Kier alpha value is -3.26. The largest absolute Gasteiger partial charge is 0.490 e. The molecule has 2 aromatic carbocycles. The first-order valence-electron chi connectivity index (χ1n) is 8.58. The lowest BCUT2D eigenvalue weighted by Crippen LogP contribution is -2.42. The van der Waals surface area contributed by atoms with Crippen LogP contribution in [-0.4, -0.2) is 33.9 Å². The predicted octanol–water partition coefficient (Wildman–Crippen LogP) is 2.80. The van der Waals surface area contributed by atoms with Crippen molar-refractivity contribution in [1.82, 2.24) is 0 Å². The summed E-state index contributed by atoms with van der Waals surface area (Å²) >= 11 is 0. The molecule has 0 aliphatic carbocycles. The number of rotatable bonds is 8. The number of ketones is 1. The van der Waals surface area contributed by atoms with E-state index in [1.54, 1.807) is 37.3 Å². The number of ether oxygens (including phenoxy) is 1. The van der Waals surface area contributed by atoms with Gasteiger partial charge in [0.05, 0.1) is 4.92 Å². The summed E-state index contributed by atoms with van der Waals surface area (Å²) in [4.78, 5) is 33.8. The van der Waals surface area contributed by atoms with Crippen molar-refractivity contribution in [2.24, 2.45) is 0 Å². The maximum Gasteiger partial charge on any atom is 0.272 e. The molecule has 0 saturated carbocycles. The van der Waals surface area contributed by atoms with Crippen molar-refractivity contribution in [2.75, 3.05) is 11.9 Å². The first-order valence-corrected chi connectivity index (χ1v) is 8.58. The monoisotopic (exact) mass is 386 g/mol. The standard InChI is InChI=1S/C20H22N2O6/c1-13-10-15(4-9-18(13)22(26)27)11-19(24)20(3,25)12-28-17-7-5-16(6-8-17)21-14(2)23/h4-10,25H,11-12H2,1-3H3,(H,21,23)/t20-/m1/s1. The van der Waals surface area contributed by atoms with Crippen molar-refractivity contribution >= 4 is 23.1 Å². The number of carbonyl (C=O) groups excluding carboxylic acids is 2. The van der Waals surface area contributed by atoms with E-state index < -0.39 is 16.3 Å². The number of amides is 1. The molecule has 0 aromatic heterocycles. The summed E-state index contributed by atoms with van der Waals surface area (Å²) in [6.45, 7) is 4.11. The van der Waals surface area contributed by atoms with E-state index in [0.717, 1.165) is 0 Å². The molecule has 0 unspecified atom stereocenters. The fourth-order valence-electron chi connectivity index (χ4n) is 2.55. The molecule has 0 saturated heterocycles. The van der Waals surface area contributed by atoms with Crippen LogP contribution in [0.5, 0.6) is 5.75 Å². The maximum absolute atomic E-state index is 12.4. The summed E-state index contributed by atoms with van der Waals surface area (Å²) in [7, 11) is 0. The highest BCUT2D eigenvalue weighted by Crippen LogP contribution is 2.21. The van der Waals surface area contributed by atoms with Gasteiger partial charge in [-0.15, -0.1) is 0 Å². The van der Waals surface area contributed by atoms with Crippen molar-refractivity contribution in [3.05, 3.63) is 63.7 Å². The van der Waals surface area contributed by atoms with Crippen LogP contribution < -0.4 is 10.1 Å². The van der Waals surface area contributed by atoms with Gasteiger partial charge in [0, 0.05) is 30.7 Å². The Morgan fingerprint density at radius 2 is 1.86 bits per heavy atom. The van der Waals surface area contributed by atoms with Crippen LogP contribution >= 0.6 is 0 Å². The second kappa shape index (κ2) is 8.62. The number of nitro groups is 1. The number of carbonyl (C=O) groups is 2. The van der Waals surface area contributed by atoms with E-state index in [1.165, 1.54) is 26.0 Å². The molecule has 0 radical (unpaired) electrons. The second-order valence-corrected chi connectivity index (χ2v) is 6.75. The molecular weight excluding hydrogens is 364 g/mol. The average Bonchev–Trinajstić information content (AvgIpc) is 2.60. The quantitative estimate of drug-likeness (QED) is 0.532. The fraction of sp³-hybridized carbons (Fsp3) is 0.300. The summed E-state index contributed by atoms with van der Waals surface area (Å²) in [6, 6.07) is 10.9. The van der Waals surface area contributed by atoms with Crippen molar-refractivity contribution in [2.45, 2.75) is 32.8 Å². The lowest BCUT2D eigenvalue weighted by Gasteiger charge is -2.22. The van der Waals surface area contributed by atoms with Crippen molar-refractivity contribution in [3.8, 4) is 5.75 Å².